The van der Waals surface area contributed by atoms with Gasteiger partial charge in [0.25, 0.3) is 0 Å². The number of ether oxygens (including phenoxy) is 3. The summed E-state index contributed by atoms with van der Waals surface area (Å²) in [5.74, 6) is 0.874. The monoisotopic (exact) mass is 454 g/mol. The topological polar surface area (TPSA) is 98.4 Å². The van der Waals surface area contributed by atoms with Crippen LogP contribution < -0.4 is 19.6 Å². The van der Waals surface area contributed by atoms with Crippen molar-refractivity contribution >= 4 is 21.9 Å². The van der Waals surface area contributed by atoms with Crippen molar-refractivity contribution in [3.8, 4) is 23.0 Å². The average Bonchev–Trinajstić information content (AvgIpc) is 2.77. The van der Waals surface area contributed by atoms with E-state index >= 15 is 0 Å². The molecule has 0 aliphatic carbocycles. The smallest absolute Gasteiger partial charge is 0.204 e. The summed E-state index contributed by atoms with van der Waals surface area (Å²) < 4.78 is 22.6. The second kappa shape index (κ2) is 9.58. The molecule has 0 aliphatic rings. The van der Waals surface area contributed by atoms with E-state index in [1.54, 1.807) is 19.1 Å². The van der Waals surface area contributed by atoms with Crippen LogP contribution in [0.4, 0.5) is 0 Å². The third kappa shape index (κ3) is 4.41. The number of fused-ring (bicyclic) bond motifs is 2. The van der Waals surface area contributed by atoms with Crippen LogP contribution in [0, 0.1) is 0 Å². The minimum absolute atomic E-state index is 0.0119. The van der Waals surface area contributed by atoms with Gasteiger partial charge in [0, 0.05) is 29.7 Å². The maximum atomic E-state index is 13.8. The van der Waals surface area contributed by atoms with Crippen molar-refractivity contribution in [2.75, 3.05) is 21.3 Å². The summed E-state index contributed by atoms with van der Waals surface area (Å²) in [7, 11) is 4.47. The first kappa shape index (κ1) is 24.2. The van der Waals surface area contributed by atoms with Crippen molar-refractivity contribution in [1.82, 2.24) is 0 Å². The zero-order valence-electron chi connectivity index (χ0n) is 19.9. The molecule has 0 saturated carbocycles. The first-order valence-corrected chi connectivity index (χ1v) is 10.5. The highest BCUT2D eigenvalue weighted by atomic mass is 16.5. The molecule has 0 fully saturated rings. The molecule has 176 valence electrons. The maximum absolute atomic E-state index is 13.8. The summed E-state index contributed by atoms with van der Waals surface area (Å²) in [5, 5.41) is 21.8. The van der Waals surface area contributed by atoms with Crippen molar-refractivity contribution in [3.63, 3.8) is 0 Å². The zero-order chi connectivity index (χ0) is 24.4. The third-order valence-electron chi connectivity index (χ3n) is 5.64. The van der Waals surface area contributed by atoms with Gasteiger partial charge in [0.1, 0.15) is 28.1 Å². The Balaban J connectivity index is 2.46. The molecule has 1 atom stereocenters. The van der Waals surface area contributed by atoms with Gasteiger partial charge in [-0.05, 0) is 27.2 Å². The molecule has 3 aromatic rings. The van der Waals surface area contributed by atoms with Crippen LogP contribution in [0.1, 0.15) is 31.9 Å². The molecular formula is C26H30O7. The van der Waals surface area contributed by atoms with Crippen molar-refractivity contribution in [3.05, 3.63) is 57.3 Å². The van der Waals surface area contributed by atoms with Crippen LogP contribution in [-0.2, 0) is 12.8 Å². The molecule has 1 heterocycles. The van der Waals surface area contributed by atoms with E-state index < -0.39 is 11.5 Å². The Morgan fingerprint density at radius 1 is 1.03 bits per heavy atom. The van der Waals surface area contributed by atoms with Gasteiger partial charge in [0.15, 0.2) is 11.5 Å². The molecule has 0 spiro atoms. The van der Waals surface area contributed by atoms with E-state index in [0.717, 1.165) is 5.57 Å². The summed E-state index contributed by atoms with van der Waals surface area (Å²) in [6.45, 7) is 9.37. The van der Waals surface area contributed by atoms with E-state index in [1.807, 2.05) is 19.9 Å². The zero-order valence-corrected chi connectivity index (χ0v) is 19.9. The van der Waals surface area contributed by atoms with Crippen LogP contribution >= 0.6 is 0 Å². The summed E-state index contributed by atoms with van der Waals surface area (Å²) in [5.41, 5.74) is 2.57. The number of aliphatic hydroxyl groups is 1. The van der Waals surface area contributed by atoms with E-state index in [-0.39, 0.29) is 23.1 Å². The molecule has 3 rings (SSSR count). The molecule has 1 aromatic heterocycles. The fraction of sp³-hybridized carbons (Fsp3) is 0.346. The fourth-order valence-electron chi connectivity index (χ4n) is 3.83. The van der Waals surface area contributed by atoms with Crippen molar-refractivity contribution < 1.29 is 28.8 Å². The van der Waals surface area contributed by atoms with E-state index in [9.17, 15) is 15.0 Å². The Bertz CT molecular complexity index is 1310. The van der Waals surface area contributed by atoms with Gasteiger partial charge >= 0.3 is 0 Å². The summed E-state index contributed by atoms with van der Waals surface area (Å²) in [6, 6.07) is 3.14. The molecule has 0 saturated heterocycles. The number of rotatable bonds is 8. The van der Waals surface area contributed by atoms with Crippen LogP contribution in [0.25, 0.3) is 21.9 Å². The second-order valence-electron chi connectivity index (χ2n) is 8.23. The van der Waals surface area contributed by atoms with E-state index in [4.69, 9.17) is 18.6 Å². The molecule has 2 N–H and O–H groups in total. The summed E-state index contributed by atoms with van der Waals surface area (Å²) in [4.78, 5) is 13.8. The molecule has 0 amide bonds. The lowest BCUT2D eigenvalue weighted by atomic mass is 9.97. The molecule has 0 radical (unpaired) electrons. The number of hydrogen-bond donors (Lipinski definition) is 2. The van der Waals surface area contributed by atoms with Gasteiger partial charge in [0.05, 0.1) is 32.8 Å². The number of hydrogen-bond acceptors (Lipinski definition) is 7. The number of phenolic OH excluding ortho intramolecular Hbond substituents is 1. The Morgan fingerprint density at radius 3 is 2.18 bits per heavy atom. The third-order valence-corrected chi connectivity index (χ3v) is 5.64. The maximum Gasteiger partial charge on any atom is 0.204 e. The van der Waals surface area contributed by atoms with Gasteiger partial charge < -0.3 is 28.8 Å². The molecule has 0 bridgehead atoms. The Kier molecular flexibility index (Phi) is 7.03. The van der Waals surface area contributed by atoms with Gasteiger partial charge in [-0.1, -0.05) is 23.8 Å². The SMILES string of the molecule is C=C(C)[C@@H](O)Cc1c(OC)cc2oc3cc(OC)c(OC)c(CC=C(C)C)c3c(=O)c2c1O. The minimum atomic E-state index is -0.910. The molecule has 33 heavy (non-hydrogen) atoms. The first-order valence-electron chi connectivity index (χ1n) is 10.5. The lowest BCUT2D eigenvalue weighted by Gasteiger charge is -2.18. The molecular weight excluding hydrogens is 424 g/mol. The predicted molar refractivity (Wildman–Crippen MR) is 129 cm³/mol. The number of aromatic hydroxyl groups is 1. The second-order valence-corrected chi connectivity index (χ2v) is 8.23. The van der Waals surface area contributed by atoms with Crippen LogP contribution in [0.5, 0.6) is 23.0 Å². The molecule has 2 aromatic carbocycles. The van der Waals surface area contributed by atoms with Crippen LogP contribution in [0.15, 0.2) is 45.1 Å². The number of allylic oxidation sites excluding steroid dienone is 2. The van der Waals surface area contributed by atoms with Crippen molar-refractivity contribution in [2.24, 2.45) is 0 Å². The van der Waals surface area contributed by atoms with Gasteiger partial charge in [-0.2, -0.15) is 0 Å². The highest BCUT2D eigenvalue weighted by Gasteiger charge is 2.25. The first-order chi connectivity index (χ1) is 15.6. The largest absolute Gasteiger partial charge is 0.507 e. The lowest BCUT2D eigenvalue weighted by molar-refractivity contribution is 0.209. The standard InChI is InChI=1S/C26H30O7/c1-13(2)8-9-15-22-19(12-21(31-6)26(15)32-7)33-20-11-18(30-5)16(10-17(27)14(3)4)24(28)23(20)25(22)29/h8,11-12,17,27-28H,3,9-10H2,1-2,4-7H3/t17-/m0/s1. The van der Waals surface area contributed by atoms with Crippen LogP contribution in [0.3, 0.4) is 0 Å². The highest BCUT2D eigenvalue weighted by Crippen LogP contribution is 2.41. The number of phenols is 1. The molecule has 7 nitrogen and oxygen atoms in total. The van der Waals surface area contributed by atoms with Gasteiger partial charge in [0.2, 0.25) is 5.43 Å². The van der Waals surface area contributed by atoms with E-state index in [0.29, 0.717) is 51.3 Å². The van der Waals surface area contributed by atoms with Gasteiger partial charge in [-0.3, -0.25) is 4.79 Å². The fourth-order valence-corrected chi connectivity index (χ4v) is 3.83. The lowest BCUT2D eigenvalue weighted by Crippen LogP contribution is -2.14. The number of methoxy groups -OCH3 is 3. The quantitative estimate of drug-likeness (QED) is 0.377. The summed E-state index contributed by atoms with van der Waals surface area (Å²) >= 11 is 0. The van der Waals surface area contributed by atoms with Crippen LogP contribution in [0.2, 0.25) is 0 Å². The Morgan fingerprint density at radius 2 is 1.64 bits per heavy atom. The van der Waals surface area contributed by atoms with Crippen LogP contribution in [-0.4, -0.2) is 37.6 Å². The number of benzene rings is 2. The van der Waals surface area contributed by atoms with Crippen molar-refractivity contribution in [2.45, 2.75) is 39.7 Å². The van der Waals surface area contributed by atoms with Gasteiger partial charge in [-0.15, -0.1) is 0 Å². The highest BCUT2D eigenvalue weighted by molar-refractivity contribution is 5.97. The molecule has 7 heteroatoms. The molecule has 0 unspecified atom stereocenters. The summed E-state index contributed by atoms with van der Waals surface area (Å²) in [6.07, 6.45) is 1.51. The van der Waals surface area contributed by atoms with E-state index in [2.05, 4.69) is 6.58 Å². The van der Waals surface area contributed by atoms with E-state index in [1.165, 1.54) is 21.3 Å². The Labute approximate surface area is 192 Å². The average molecular weight is 455 g/mol. The van der Waals surface area contributed by atoms with Crippen molar-refractivity contribution in [1.29, 1.82) is 0 Å². The minimum Gasteiger partial charge on any atom is -0.507 e. The Hall–Kier alpha value is -3.45. The number of aliphatic hydroxyl groups excluding tert-OH is 1. The predicted octanol–water partition coefficient (Wildman–Crippen LogP) is 4.67. The normalized spacial score (nSPS) is 12.0. The van der Waals surface area contributed by atoms with Gasteiger partial charge in [-0.25, -0.2) is 0 Å². The molecule has 0 aliphatic heterocycles.